The fraction of sp³-hybridized carbons (Fsp3) is 0.346. The predicted molar refractivity (Wildman–Crippen MR) is 135 cm³/mol. The van der Waals surface area contributed by atoms with Gasteiger partial charge in [0, 0.05) is 22.6 Å². The maximum absolute atomic E-state index is 13.7. The molecule has 34 heavy (non-hydrogen) atoms. The summed E-state index contributed by atoms with van der Waals surface area (Å²) in [5, 5.41) is 10.7. The van der Waals surface area contributed by atoms with Crippen molar-refractivity contribution in [2.45, 2.75) is 44.6 Å². The van der Waals surface area contributed by atoms with Gasteiger partial charge < -0.3 is 14.7 Å². The van der Waals surface area contributed by atoms with Gasteiger partial charge >= 0.3 is 0 Å². The first-order valence-corrected chi connectivity index (χ1v) is 12.3. The molecule has 0 radical (unpaired) electrons. The zero-order chi connectivity index (χ0) is 24.6. The van der Waals surface area contributed by atoms with Gasteiger partial charge in [-0.05, 0) is 68.0 Å². The van der Waals surface area contributed by atoms with E-state index in [1.807, 2.05) is 59.7 Å². The highest BCUT2D eigenvalue weighted by atomic mass is 35.5. The molecular formula is C26H29ClN2O4S. The molecule has 1 amide bonds. The number of hydrogen-bond donors (Lipinski definition) is 1. The third kappa shape index (κ3) is 6.58. The van der Waals surface area contributed by atoms with Crippen LogP contribution in [0.4, 0.5) is 0 Å². The third-order valence-electron chi connectivity index (χ3n) is 5.86. The van der Waals surface area contributed by atoms with Gasteiger partial charge in [-0.1, -0.05) is 35.9 Å². The van der Waals surface area contributed by atoms with Crippen LogP contribution in [0.1, 0.15) is 41.1 Å². The minimum Gasteiger partial charge on any atom is -0.497 e. The number of aromatic nitrogens is 1. The van der Waals surface area contributed by atoms with Crippen molar-refractivity contribution < 1.29 is 19.4 Å². The molecule has 1 aliphatic carbocycles. The van der Waals surface area contributed by atoms with Crippen LogP contribution in [0.5, 0.6) is 5.75 Å². The molecule has 0 unspecified atom stereocenters. The molecule has 0 aliphatic heterocycles. The lowest BCUT2D eigenvalue weighted by Gasteiger charge is -2.27. The second-order valence-corrected chi connectivity index (χ2v) is 9.64. The number of benzene rings is 2. The predicted octanol–water partition coefficient (Wildman–Crippen LogP) is 5.51. The molecule has 1 fully saturated rings. The van der Waals surface area contributed by atoms with Crippen molar-refractivity contribution in [3.8, 4) is 5.75 Å². The van der Waals surface area contributed by atoms with E-state index in [1.54, 1.807) is 18.4 Å². The van der Waals surface area contributed by atoms with E-state index in [-0.39, 0.29) is 12.4 Å². The van der Waals surface area contributed by atoms with Gasteiger partial charge in [0.15, 0.2) is 0 Å². The first kappa shape index (κ1) is 25.7. The topological polar surface area (TPSA) is 79.7 Å². The molecule has 1 aromatic heterocycles. The molecule has 1 heterocycles. The van der Waals surface area contributed by atoms with Gasteiger partial charge in [-0.25, -0.2) is 4.98 Å². The number of rotatable bonds is 9. The van der Waals surface area contributed by atoms with E-state index >= 15 is 0 Å². The first-order valence-electron chi connectivity index (χ1n) is 11.1. The monoisotopic (exact) mass is 500 g/mol. The number of carbonyl (C=O) groups excluding carboxylic acids is 1. The SMILES string of the molecule is COc1ccc(C2(C(=O)N(CCCc3cccc(Cl)c3)Cc3nc(C)cs3)CC2)cc1.O=CO. The molecule has 1 aliphatic rings. The molecule has 8 heteroatoms. The first-order chi connectivity index (χ1) is 16.4. The Kier molecular flexibility index (Phi) is 9.07. The maximum atomic E-state index is 13.7. The van der Waals surface area contributed by atoms with Gasteiger partial charge in [0.05, 0.1) is 19.1 Å². The Morgan fingerprint density at radius 3 is 2.53 bits per heavy atom. The Balaban J connectivity index is 0.00000103. The number of thiazole rings is 1. The van der Waals surface area contributed by atoms with Crippen molar-refractivity contribution >= 4 is 35.3 Å². The number of aryl methyl sites for hydroxylation is 2. The number of nitrogens with zero attached hydrogens (tertiary/aromatic N) is 2. The van der Waals surface area contributed by atoms with Crippen LogP contribution < -0.4 is 4.74 Å². The summed E-state index contributed by atoms with van der Waals surface area (Å²) in [5.41, 5.74) is 2.87. The van der Waals surface area contributed by atoms with E-state index < -0.39 is 5.41 Å². The Labute approximate surface area is 209 Å². The normalized spacial score (nSPS) is 13.4. The molecule has 180 valence electrons. The lowest BCUT2D eigenvalue weighted by molar-refractivity contribution is -0.134. The van der Waals surface area contributed by atoms with Crippen LogP contribution in [-0.2, 0) is 28.0 Å². The van der Waals surface area contributed by atoms with E-state index in [0.29, 0.717) is 13.1 Å². The molecule has 4 rings (SSSR count). The summed E-state index contributed by atoms with van der Waals surface area (Å²) >= 11 is 7.74. The summed E-state index contributed by atoms with van der Waals surface area (Å²) in [4.78, 5) is 28.7. The smallest absolute Gasteiger partial charge is 0.290 e. The van der Waals surface area contributed by atoms with Crippen molar-refractivity contribution in [2.75, 3.05) is 13.7 Å². The Hall–Kier alpha value is -2.90. The van der Waals surface area contributed by atoms with Gasteiger partial charge in [-0.15, -0.1) is 11.3 Å². The summed E-state index contributed by atoms with van der Waals surface area (Å²) < 4.78 is 5.28. The van der Waals surface area contributed by atoms with Gasteiger partial charge in [-0.2, -0.15) is 0 Å². The van der Waals surface area contributed by atoms with Crippen molar-refractivity contribution in [3.05, 3.63) is 80.8 Å². The van der Waals surface area contributed by atoms with Crippen molar-refractivity contribution in [3.63, 3.8) is 0 Å². The summed E-state index contributed by atoms with van der Waals surface area (Å²) in [6.07, 6.45) is 3.55. The standard InChI is InChI=1S/C25H27ClN2O2S.CH2O2/c1-18-17-31-23(27-18)16-28(14-4-6-19-5-3-7-21(26)15-19)24(29)25(12-13-25)20-8-10-22(30-2)11-9-20;2-1-3/h3,5,7-11,15,17H,4,6,12-14,16H2,1-2H3;1H,(H,2,3). The highest BCUT2D eigenvalue weighted by molar-refractivity contribution is 7.09. The third-order valence-corrected chi connectivity index (χ3v) is 7.05. The number of hydrogen-bond acceptors (Lipinski definition) is 5. The summed E-state index contributed by atoms with van der Waals surface area (Å²) in [7, 11) is 1.66. The quantitative estimate of drug-likeness (QED) is 0.392. The molecule has 0 spiro atoms. The number of amides is 1. The zero-order valence-electron chi connectivity index (χ0n) is 19.4. The minimum atomic E-state index is -0.408. The second kappa shape index (κ2) is 12.0. The molecule has 0 atom stereocenters. The van der Waals surface area contributed by atoms with Crippen LogP contribution in [0.2, 0.25) is 5.02 Å². The van der Waals surface area contributed by atoms with Crippen LogP contribution in [0, 0.1) is 6.92 Å². The van der Waals surface area contributed by atoms with E-state index in [9.17, 15) is 4.79 Å². The van der Waals surface area contributed by atoms with E-state index in [2.05, 4.69) is 11.1 Å². The summed E-state index contributed by atoms with van der Waals surface area (Å²) in [6, 6.07) is 15.9. The van der Waals surface area contributed by atoms with Crippen LogP contribution in [0.15, 0.2) is 53.9 Å². The van der Waals surface area contributed by atoms with E-state index in [0.717, 1.165) is 52.7 Å². The largest absolute Gasteiger partial charge is 0.497 e. The van der Waals surface area contributed by atoms with E-state index in [4.69, 9.17) is 26.2 Å². The number of ether oxygens (including phenoxy) is 1. The lowest BCUT2D eigenvalue weighted by Crippen LogP contribution is -2.39. The van der Waals surface area contributed by atoms with Crippen LogP contribution in [0.3, 0.4) is 0 Å². The van der Waals surface area contributed by atoms with Crippen LogP contribution in [0.25, 0.3) is 0 Å². The highest BCUT2D eigenvalue weighted by Crippen LogP contribution is 2.50. The number of methoxy groups -OCH3 is 1. The van der Waals surface area contributed by atoms with Crippen LogP contribution >= 0.6 is 22.9 Å². The molecule has 0 saturated heterocycles. The van der Waals surface area contributed by atoms with Gasteiger partial charge in [0.1, 0.15) is 10.8 Å². The van der Waals surface area contributed by atoms with Crippen molar-refractivity contribution in [1.29, 1.82) is 0 Å². The number of carboxylic acid groups (broad SMARTS) is 1. The van der Waals surface area contributed by atoms with E-state index in [1.165, 1.54) is 5.56 Å². The molecule has 6 nitrogen and oxygen atoms in total. The average Bonchev–Trinajstić information content (AvgIpc) is 3.54. The number of carbonyl (C=O) groups is 2. The average molecular weight is 501 g/mol. The second-order valence-electron chi connectivity index (χ2n) is 8.26. The Bertz CT molecular complexity index is 1100. The molecule has 1 saturated carbocycles. The molecule has 1 N–H and O–H groups in total. The molecule has 3 aromatic rings. The Morgan fingerprint density at radius 2 is 1.97 bits per heavy atom. The van der Waals surface area contributed by atoms with Crippen molar-refractivity contribution in [1.82, 2.24) is 9.88 Å². The highest BCUT2D eigenvalue weighted by Gasteiger charge is 2.53. The van der Waals surface area contributed by atoms with Gasteiger partial charge in [-0.3, -0.25) is 9.59 Å². The fourth-order valence-corrected chi connectivity index (χ4v) is 5.02. The maximum Gasteiger partial charge on any atom is 0.290 e. The number of halogens is 1. The van der Waals surface area contributed by atoms with Gasteiger partial charge in [0.2, 0.25) is 5.91 Å². The molecular weight excluding hydrogens is 472 g/mol. The Morgan fingerprint density at radius 1 is 1.26 bits per heavy atom. The summed E-state index contributed by atoms with van der Waals surface area (Å²) in [6.45, 7) is 3.00. The van der Waals surface area contributed by atoms with Crippen LogP contribution in [-0.4, -0.2) is 41.0 Å². The fourth-order valence-electron chi connectivity index (χ4n) is 4.02. The van der Waals surface area contributed by atoms with Crippen molar-refractivity contribution in [2.24, 2.45) is 0 Å². The molecule has 0 bridgehead atoms. The lowest BCUT2D eigenvalue weighted by atomic mass is 9.94. The zero-order valence-corrected chi connectivity index (χ0v) is 20.9. The molecule has 2 aromatic carbocycles. The summed E-state index contributed by atoms with van der Waals surface area (Å²) in [5.74, 6) is 1.01. The van der Waals surface area contributed by atoms with Gasteiger partial charge in [0.25, 0.3) is 6.47 Å². The minimum absolute atomic E-state index is 0.205.